The molecule has 1 saturated heterocycles. The predicted molar refractivity (Wildman–Crippen MR) is 90.1 cm³/mol. The van der Waals surface area contributed by atoms with E-state index in [1.54, 1.807) is 11.4 Å². The monoisotopic (exact) mass is 391 g/mol. The second-order valence-electron chi connectivity index (χ2n) is 5.20. The maximum Gasteiger partial charge on any atom is 0.252 e. The van der Waals surface area contributed by atoms with E-state index in [4.69, 9.17) is 11.6 Å². The van der Waals surface area contributed by atoms with Gasteiger partial charge in [0.05, 0.1) is 10.1 Å². The lowest BCUT2D eigenvalue weighted by atomic mass is 10.4. The van der Waals surface area contributed by atoms with Crippen LogP contribution in [0, 0.1) is 0 Å². The molecule has 0 amide bonds. The van der Waals surface area contributed by atoms with Gasteiger partial charge >= 0.3 is 0 Å². The third-order valence-corrected chi connectivity index (χ3v) is 9.46. The van der Waals surface area contributed by atoms with E-state index >= 15 is 0 Å². The largest absolute Gasteiger partial charge is 0.252 e. The van der Waals surface area contributed by atoms with Crippen LogP contribution in [0.4, 0.5) is 0 Å². The van der Waals surface area contributed by atoms with Crippen LogP contribution in [0.2, 0.25) is 5.02 Å². The van der Waals surface area contributed by atoms with Crippen molar-refractivity contribution in [1.82, 2.24) is 4.31 Å². The van der Waals surface area contributed by atoms with Crippen molar-refractivity contribution >= 4 is 42.8 Å². The summed E-state index contributed by atoms with van der Waals surface area (Å²) in [6.45, 7) is 0.183. The Labute approximate surface area is 144 Å². The minimum atomic E-state index is -3.61. The lowest BCUT2D eigenvalue weighted by Crippen LogP contribution is -2.31. The summed E-state index contributed by atoms with van der Waals surface area (Å²) in [5.41, 5.74) is 0. The Hall–Kier alpha value is -0.930. The topological polar surface area (TPSA) is 71.5 Å². The second-order valence-corrected chi connectivity index (χ2v) is 11.0. The summed E-state index contributed by atoms with van der Waals surface area (Å²) in [4.78, 5) is 0.169. The molecular formula is C14H14ClNO4S3. The summed E-state index contributed by atoms with van der Waals surface area (Å²) in [6.07, 6.45) is 0.287. The van der Waals surface area contributed by atoms with Gasteiger partial charge in [-0.05, 0) is 42.1 Å². The van der Waals surface area contributed by atoms with Crippen molar-refractivity contribution < 1.29 is 16.8 Å². The average Bonchev–Trinajstić information content (AvgIpc) is 3.20. The number of sulfonamides is 1. The molecule has 5 nitrogen and oxygen atoms in total. The molecule has 1 aliphatic rings. The van der Waals surface area contributed by atoms with E-state index < -0.39 is 25.1 Å². The maximum atomic E-state index is 12.6. The van der Waals surface area contributed by atoms with Gasteiger partial charge < -0.3 is 0 Å². The molecule has 23 heavy (non-hydrogen) atoms. The second kappa shape index (κ2) is 6.18. The van der Waals surface area contributed by atoms with Crippen LogP contribution >= 0.6 is 22.9 Å². The minimum absolute atomic E-state index is 0.0226. The lowest BCUT2D eigenvalue weighted by Gasteiger charge is -2.15. The van der Waals surface area contributed by atoms with Crippen LogP contribution in [-0.2, 0) is 19.9 Å². The van der Waals surface area contributed by atoms with Crippen LogP contribution in [0.5, 0.6) is 0 Å². The molecule has 1 aromatic carbocycles. The average molecular weight is 392 g/mol. The molecule has 1 aromatic heterocycles. The molecule has 0 spiro atoms. The number of hydrogen-bond acceptors (Lipinski definition) is 5. The number of sulfone groups is 1. The number of rotatable bonds is 4. The van der Waals surface area contributed by atoms with Gasteiger partial charge in [0.25, 0.3) is 10.0 Å². The van der Waals surface area contributed by atoms with Crippen molar-refractivity contribution in [3.05, 3.63) is 46.8 Å². The van der Waals surface area contributed by atoms with Gasteiger partial charge in [0.1, 0.15) is 4.21 Å². The number of benzene rings is 1. The van der Waals surface area contributed by atoms with Crippen LogP contribution in [0.1, 0.15) is 6.42 Å². The fraction of sp³-hybridized carbons (Fsp3) is 0.286. The Balaban J connectivity index is 1.84. The normalized spacial score (nSPS) is 20.0. The van der Waals surface area contributed by atoms with Crippen LogP contribution in [-0.4, -0.2) is 39.5 Å². The highest BCUT2D eigenvalue weighted by Crippen LogP contribution is 2.29. The first-order valence-corrected chi connectivity index (χ1v) is 11.1. The summed E-state index contributed by atoms with van der Waals surface area (Å²) in [5, 5.41) is 1.40. The Morgan fingerprint density at radius 1 is 1.09 bits per heavy atom. The standard InChI is InChI=1S/C14H14ClNO4S3/c15-11-3-5-12(6-4-11)22(17,18)13-7-8-16(10-13)23(19,20)14-2-1-9-21-14/h1-6,9,13H,7-8,10H2. The number of nitrogens with zero attached hydrogens (tertiary/aromatic N) is 1. The third-order valence-electron chi connectivity index (χ3n) is 3.78. The number of halogens is 1. The van der Waals surface area contributed by atoms with E-state index in [9.17, 15) is 16.8 Å². The molecule has 0 saturated carbocycles. The SMILES string of the molecule is O=S(=O)(c1ccc(Cl)cc1)C1CCN(S(=O)(=O)c2cccs2)C1. The van der Waals surface area contributed by atoms with Crippen molar-refractivity contribution in [2.75, 3.05) is 13.1 Å². The van der Waals surface area contributed by atoms with Crippen LogP contribution in [0.25, 0.3) is 0 Å². The van der Waals surface area contributed by atoms with Gasteiger partial charge in [-0.15, -0.1) is 11.3 Å². The molecule has 1 fully saturated rings. The summed E-state index contributed by atoms with van der Waals surface area (Å²) >= 11 is 6.91. The van der Waals surface area contributed by atoms with Crippen molar-refractivity contribution in [1.29, 1.82) is 0 Å². The van der Waals surface area contributed by atoms with Gasteiger partial charge in [-0.2, -0.15) is 4.31 Å². The first-order valence-electron chi connectivity index (χ1n) is 6.85. The van der Waals surface area contributed by atoms with Gasteiger partial charge in [0.15, 0.2) is 9.84 Å². The van der Waals surface area contributed by atoms with Crippen LogP contribution < -0.4 is 0 Å². The molecule has 0 aliphatic carbocycles. The van der Waals surface area contributed by atoms with Crippen molar-refractivity contribution in [2.45, 2.75) is 20.8 Å². The lowest BCUT2D eigenvalue weighted by molar-refractivity contribution is 0.478. The zero-order chi connectivity index (χ0) is 16.7. The molecular weight excluding hydrogens is 378 g/mol. The smallest absolute Gasteiger partial charge is 0.223 e. The first kappa shape index (κ1) is 16.9. The van der Waals surface area contributed by atoms with Crippen molar-refractivity contribution in [2.24, 2.45) is 0 Å². The maximum absolute atomic E-state index is 12.6. The zero-order valence-electron chi connectivity index (χ0n) is 11.9. The minimum Gasteiger partial charge on any atom is -0.223 e. The molecule has 0 N–H and O–H groups in total. The van der Waals surface area contributed by atoms with E-state index in [-0.39, 0.29) is 28.6 Å². The molecule has 2 heterocycles. The molecule has 3 rings (SSSR count). The summed E-state index contributed by atoms with van der Waals surface area (Å²) in [5.74, 6) is 0. The van der Waals surface area contributed by atoms with E-state index in [1.807, 2.05) is 0 Å². The van der Waals surface area contributed by atoms with Gasteiger partial charge in [-0.25, -0.2) is 16.8 Å². The summed E-state index contributed by atoms with van der Waals surface area (Å²) < 4.78 is 51.7. The zero-order valence-corrected chi connectivity index (χ0v) is 15.1. The molecule has 9 heteroatoms. The first-order chi connectivity index (χ1) is 10.8. The fourth-order valence-corrected chi connectivity index (χ4v) is 7.08. The molecule has 0 bridgehead atoms. The highest BCUT2D eigenvalue weighted by Gasteiger charge is 2.39. The fourth-order valence-electron chi connectivity index (χ4n) is 2.52. The highest BCUT2D eigenvalue weighted by atomic mass is 35.5. The molecule has 1 unspecified atom stereocenters. The molecule has 1 atom stereocenters. The molecule has 1 aliphatic heterocycles. The number of thiophene rings is 1. The van der Waals surface area contributed by atoms with Crippen LogP contribution in [0.3, 0.4) is 0 Å². The quantitative estimate of drug-likeness (QED) is 0.803. The highest BCUT2D eigenvalue weighted by molar-refractivity contribution is 7.92. The predicted octanol–water partition coefficient (Wildman–Crippen LogP) is 2.64. The molecule has 2 aromatic rings. The van der Waals surface area contributed by atoms with Gasteiger partial charge in [-0.3, -0.25) is 0 Å². The van der Waals surface area contributed by atoms with E-state index in [2.05, 4.69) is 0 Å². The summed E-state index contributed by atoms with van der Waals surface area (Å²) in [7, 11) is -7.19. The van der Waals surface area contributed by atoms with E-state index in [0.29, 0.717) is 5.02 Å². The van der Waals surface area contributed by atoms with Gasteiger partial charge in [-0.1, -0.05) is 17.7 Å². The Kier molecular flexibility index (Phi) is 4.54. The van der Waals surface area contributed by atoms with Gasteiger partial charge in [0.2, 0.25) is 0 Å². The van der Waals surface area contributed by atoms with E-state index in [0.717, 1.165) is 11.3 Å². The van der Waals surface area contributed by atoms with Crippen molar-refractivity contribution in [3.63, 3.8) is 0 Å². The van der Waals surface area contributed by atoms with Crippen molar-refractivity contribution in [3.8, 4) is 0 Å². The Morgan fingerprint density at radius 2 is 1.78 bits per heavy atom. The molecule has 0 radical (unpaired) electrons. The van der Waals surface area contributed by atoms with Gasteiger partial charge in [0, 0.05) is 18.1 Å². The molecule has 124 valence electrons. The Bertz CT molecular complexity index is 890. The summed E-state index contributed by atoms with van der Waals surface area (Å²) in [6, 6.07) is 9.13. The van der Waals surface area contributed by atoms with E-state index in [1.165, 1.54) is 34.6 Å². The number of hydrogen-bond donors (Lipinski definition) is 0. The third kappa shape index (κ3) is 3.18. The Morgan fingerprint density at radius 3 is 2.39 bits per heavy atom. The van der Waals surface area contributed by atoms with Crippen LogP contribution in [0.15, 0.2) is 50.9 Å².